The Balaban J connectivity index is 2.08. The number of hydrogen-bond donors (Lipinski definition) is 2. The molecule has 0 radical (unpaired) electrons. The van der Waals surface area contributed by atoms with Crippen molar-refractivity contribution in [2.45, 2.75) is 6.92 Å². The predicted molar refractivity (Wildman–Crippen MR) is 103 cm³/mol. The monoisotopic (exact) mass is 404 g/mol. The van der Waals surface area contributed by atoms with Gasteiger partial charge in [-0.05, 0) is 31.2 Å². The van der Waals surface area contributed by atoms with E-state index in [1.807, 2.05) is 0 Å². The van der Waals surface area contributed by atoms with E-state index in [1.165, 1.54) is 38.4 Å². The van der Waals surface area contributed by atoms with Gasteiger partial charge >= 0.3 is 17.8 Å². The number of aromatic nitrogens is 2. The van der Waals surface area contributed by atoms with Crippen molar-refractivity contribution in [3.63, 3.8) is 0 Å². The fraction of sp³-hybridized carbons (Fsp3) is 0.278. The summed E-state index contributed by atoms with van der Waals surface area (Å²) >= 11 is 0. The standard InChI is InChI=1S/C18H20N4O7/c1-4-28-17(26)20-11-7-5-10(6-8-11)16(25)29-9-12(23)13-14(19)21(2)18(27)22(3)15(13)24/h5-8H,4,9,19H2,1-3H3,(H,20,26). The quantitative estimate of drug-likeness (QED) is 0.514. The first-order valence-corrected chi connectivity index (χ1v) is 8.47. The third-order valence-corrected chi connectivity index (χ3v) is 3.97. The van der Waals surface area contributed by atoms with Crippen LogP contribution >= 0.6 is 0 Å². The number of ketones is 1. The second-order valence-electron chi connectivity index (χ2n) is 5.89. The van der Waals surface area contributed by atoms with Crippen LogP contribution in [-0.2, 0) is 23.6 Å². The highest BCUT2D eigenvalue weighted by Gasteiger charge is 2.21. The van der Waals surface area contributed by atoms with Gasteiger partial charge in [-0.15, -0.1) is 0 Å². The van der Waals surface area contributed by atoms with Gasteiger partial charge in [0.25, 0.3) is 5.56 Å². The molecule has 3 N–H and O–H groups in total. The zero-order chi connectivity index (χ0) is 21.7. The molecule has 0 unspecified atom stereocenters. The molecular formula is C18H20N4O7. The third kappa shape index (κ3) is 4.69. The van der Waals surface area contributed by atoms with Crippen molar-refractivity contribution in [1.29, 1.82) is 0 Å². The average molecular weight is 404 g/mol. The number of amides is 1. The van der Waals surface area contributed by atoms with Crippen LogP contribution in [0.15, 0.2) is 33.9 Å². The number of esters is 1. The number of ether oxygens (including phenoxy) is 2. The Hall–Kier alpha value is -3.89. The molecule has 0 bridgehead atoms. The van der Waals surface area contributed by atoms with E-state index in [0.717, 1.165) is 9.13 Å². The summed E-state index contributed by atoms with van der Waals surface area (Å²) in [5, 5.41) is 2.46. The van der Waals surface area contributed by atoms with E-state index in [-0.39, 0.29) is 18.0 Å². The highest BCUT2D eigenvalue weighted by Crippen LogP contribution is 2.12. The van der Waals surface area contributed by atoms with Gasteiger partial charge in [0, 0.05) is 19.8 Å². The molecule has 1 aromatic carbocycles. The number of hydrogen-bond acceptors (Lipinski definition) is 8. The van der Waals surface area contributed by atoms with Crippen molar-refractivity contribution in [1.82, 2.24) is 9.13 Å². The van der Waals surface area contributed by atoms with Crippen molar-refractivity contribution in [3.8, 4) is 0 Å². The summed E-state index contributed by atoms with van der Waals surface area (Å²) in [4.78, 5) is 59.7. The fourth-order valence-corrected chi connectivity index (χ4v) is 2.38. The first kappa shape index (κ1) is 21.4. The molecule has 1 amide bonds. The van der Waals surface area contributed by atoms with Crippen LogP contribution in [0.4, 0.5) is 16.3 Å². The number of nitrogens with two attached hydrogens (primary N) is 1. The van der Waals surface area contributed by atoms with Gasteiger partial charge in [-0.1, -0.05) is 0 Å². The van der Waals surface area contributed by atoms with Crippen molar-refractivity contribution in [2.24, 2.45) is 14.1 Å². The molecule has 0 saturated carbocycles. The first-order chi connectivity index (χ1) is 13.7. The number of benzene rings is 1. The third-order valence-electron chi connectivity index (χ3n) is 3.97. The van der Waals surface area contributed by atoms with Gasteiger partial charge in [-0.3, -0.25) is 24.0 Å². The molecule has 29 heavy (non-hydrogen) atoms. The minimum atomic E-state index is -0.874. The number of carbonyl (C=O) groups excluding carboxylic acids is 3. The first-order valence-electron chi connectivity index (χ1n) is 8.47. The Morgan fingerprint density at radius 3 is 2.24 bits per heavy atom. The summed E-state index contributed by atoms with van der Waals surface area (Å²) in [6.45, 7) is 1.14. The van der Waals surface area contributed by atoms with Crippen LogP contribution in [0.3, 0.4) is 0 Å². The maximum Gasteiger partial charge on any atom is 0.411 e. The minimum absolute atomic E-state index is 0.119. The molecular weight excluding hydrogens is 384 g/mol. The van der Waals surface area contributed by atoms with Gasteiger partial charge < -0.3 is 15.2 Å². The van der Waals surface area contributed by atoms with Crippen LogP contribution in [0.2, 0.25) is 0 Å². The summed E-state index contributed by atoms with van der Waals surface area (Å²) in [6, 6.07) is 5.67. The fourth-order valence-electron chi connectivity index (χ4n) is 2.38. The molecule has 2 rings (SSSR count). The molecule has 1 heterocycles. The number of nitrogen functional groups attached to an aromatic ring is 1. The van der Waals surface area contributed by atoms with E-state index in [0.29, 0.717) is 5.69 Å². The number of nitrogens with one attached hydrogen (secondary N) is 1. The van der Waals surface area contributed by atoms with Crippen molar-refractivity contribution >= 4 is 29.4 Å². The Morgan fingerprint density at radius 2 is 1.66 bits per heavy atom. The maximum atomic E-state index is 12.3. The molecule has 0 saturated heterocycles. The summed E-state index contributed by atoms with van der Waals surface area (Å²) < 4.78 is 11.4. The van der Waals surface area contributed by atoms with E-state index in [1.54, 1.807) is 6.92 Å². The zero-order valence-corrected chi connectivity index (χ0v) is 16.1. The van der Waals surface area contributed by atoms with Crippen LogP contribution in [0.1, 0.15) is 27.6 Å². The molecule has 0 atom stereocenters. The van der Waals surface area contributed by atoms with E-state index >= 15 is 0 Å². The van der Waals surface area contributed by atoms with E-state index in [2.05, 4.69) is 5.32 Å². The highest BCUT2D eigenvalue weighted by atomic mass is 16.5. The molecule has 0 aliphatic carbocycles. The van der Waals surface area contributed by atoms with Gasteiger partial charge in [-0.25, -0.2) is 14.4 Å². The minimum Gasteiger partial charge on any atom is -0.454 e. The smallest absolute Gasteiger partial charge is 0.411 e. The molecule has 11 heteroatoms. The van der Waals surface area contributed by atoms with Crippen LogP contribution in [0.25, 0.3) is 0 Å². The predicted octanol–water partition coefficient (Wildman–Crippen LogP) is 0.274. The molecule has 0 aliphatic rings. The summed E-state index contributed by atoms with van der Waals surface area (Å²) in [7, 11) is 2.52. The van der Waals surface area contributed by atoms with Crippen LogP contribution in [0, 0.1) is 0 Å². The second kappa shape index (κ2) is 8.87. The largest absolute Gasteiger partial charge is 0.454 e. The molecule has 0 aliphatic heterocycles. The lowest BCUT2D eigenvalue weighted by Gasteiger charge is -2.11. The van der Waals surface area contributed by atoms with Gasteiger partial charge in [0.1, 0.15) is 11.4 Å². The second-order valence-corrected chi connectivity index (χ2v) is 5.89. The van der Waals surface area contributed by atoms with Crippen molar-refractivity contribution in [2.75, 3.05) is 24.3 Å². The van der Waals surface area contributed by atoms with E-state index < -0.39 is 41.3 Å². The Morgan fingerprint density at radius 1 is 1.03 bits per heavy atom. The summed E-state index contributed by atoms with van der Waals surface area (Å²) in [6.07, 6.45) is -0.634. The number of anilines is 2. The van der Waals surface area contributed by atoms with Crippen LogP contribution in [0.5, 0.6) is 0 Å². The molecule has 0 spiro atoms. The lowest BCUT2D eigenvalue weighted by molar-refractivity contribution is 0.0474. The Bertz CT molecular complexity index is 1070. The number of nitrogens with zero attached hydrogens (tertiary/aromatic N) is 2. The number of rotatable bonds is 6. The van der Waals surface area contributed by atoms with Crippen molar-refractivity contribution < 1.29 is 23.9 Å². The normalized spacial score (nSPS) is 10.3. The Labute approximate surface area is 164 Å². The van der Waals surface area contributed by atoms with Crippen LogP contribution in [-0.4, -0.2) is 40.2 Å². The number of carbonyl (C=O) groups is 3. The molecule has 0 fully saturated rings. The SMILES string of the molecule is CCOC(=O)Nc1ccc(C(=O)OCC(=O)c2c(N)n(C)c(=O)n(C)c2=O)cc1. The van der Waals surface area contributed by atoms with E-state index in [4.69, 9.17) is 15.2 Å². The van der Waals surface area contributed by atoms with Gasteiger partial charge in [-0.2, -0.15) is 0 Å². The summed E-state index contributed by atoms with van der Waals surface area (Å²) in [5.41, 5.74) is 4.22. The van der Waals surface area contributed by atoms with E-state index in [9.17, 15) is 24.0 Å². The summed E-state index contributed by atoms with van der Waals surface area (Å²) in [5.74, 6) is -1.97. The maximum absolute atomic E-state index is 12.3. The molecule has 154 valence electrons. The molecule has 1 aromatic heterocycles. The van der Waals surface area contributed by atoms with Gasteiger partial charge in [0.15, 0.2) is 6.61 Å². The zero-order valence-electron chi connectivity index (χ0n) is 16.1. The van der Waals surface area contributed by atoms with Gasteiger partial charge in [0.05, 0.1) is 12.2 Å². The molecule has 2 aromatic rings. The lowest BCUT2D eigenvalue weighted by Crippen LogP contribution is -2.42. The molecule has 11 nitrogen and oxygen atoms in total. The average Bonchev–Trinajstić information content (AvgIpc) is 2.70. The Kier molecular flexibility index (Phi) is 6.55. The van der Waals surface area contributed by atoms with Gasteiger partial charge in [0.2, 0.25) is 5.78 Å². The number of Topliss-reactive ketones (excluding diaryl/α,β-unsaturated/α-hetero) is 1. The lowest BCUT2D eigenvalue weighted by atomic mass is 10.2. The van der Waals surface area contributed by atoms with Crippen molar-refractivity contribution in [3.05, 3.63) is 56.2 Å². The topological polar surface area (TPSA) is 152 Å². The van der Waals surface area contributed by atoms with Crippen LogP contribution < -0.4 is 22.3 Å². The highest BCUT2D eigenvalue weighted by molar-refractivity contribution is 6.02.